The zero-order chi connectivity index (χ0) is 9.90. The Balaban J connectivity index is 2.81. The Hall–Kier alpha value is -0.0800. The minimum atomic E-state index is -0.0382. The molecule has 0 amide bonds. The van der Waals surface area contributed by atoms with Crippen LogP contribution in [0.25, 0.3) is 0 Å². The van der Waals surface area contributed by atoms with Gasteiger partial charge in [-0.25, -0.2) is 0 Å². The van der Waals surface area contributed by atoms with Gasteiger partial charge in [0.1, 0.15) is 5.72 Å². The molecule has 2 unspecified atom stereocenters. The third-order valence-corrected chi connectivity index (χ3v) is 3.79. The monoisotopic (exact) mass is 185 g/mol. The van der Waals surface area contributed by atoms with E-state index in [4.69, 9.17) is 4.74 Å². The highest BCUT2D eigenvalue weighted by atomic mass is 16.5. The predicted molar refractivity (Wildman–Crippen MR) is 55.6 cm³/mol. The number of rotatable bonds is 4. The molecule has 0 aromatic heterocycles. The second kappa shape index (κ2) is 4.43. The molecule has 1 aliphatic carbocycles. The van der Waals surface area contributed by atoms with Gasteiger partial charge in [0.05, 0.1) is 0 Å². The molecule has 1 N–H and O–H groups in total. The Bertz CT molecular complexity index is 140. The van der Waals surface area contributed by atoms with Gasteiger partial charge in [0.15, 0.2) is 0 Å². The van der Waals surface area contributed by atoms with E-state index in [1.165, 1.54) is 25.7 Å². The van der Waals surface area contributed by atoms with Gasteiger partial charge in [-0.05, 0) is 32.7 Å². The Morgan fingerprint density at radius 1 is 1.23 bits per heavy atom. The molecule has 0 aromatic carbocycles. The van der Waals surface area contributed by atoms with Gasteiger partial charge in [-0.1, -0.05) is 13.8 Å². The molecule has 0 saturated heterocycles. The van der Waals surface area contributed by atoms with Gasteiger partial charge in [0.25, 0.3) is 0 Å². The molecular formula is C11H23NO. The van der Waals surface area contributed by atoms with Crippen molar-refractivity contribution in [1.29, 1.82) is 0 Å². The van der Waals surface area contributed by atoms with E-state index in [-0.39, 0.29) is 5.72 Å². The van der Waals surface area contributed by atoms with E-state index in [0.717, 1.165) is 0 Å². The van der Waals surface area contributed by atoms with Gasteiger partial charge >= 0.3 is 0 Å². The Labute approximate surface area is 82.0 Å². The molecule has 2 heteroatoms. The summed E-state index contributed by atoms with van der Waals surface area (Å²) in [7, 11) is 3.87. The van der Waals surface area contributed by atoms with Crippen molar-refractivity contribution >= 4 is 0 Å². The SMILES string of the molecule is CCC1CCC(CC)C1(NC)OC. The lowest BCUT2D eigenvalue weighted by Crippen LogP contribution is -2.52. The predicted octanol–water partition coefficient (Wildman–Crippen LogP) is 2.39. The van der Waals surface area contributed by atoms with Crippen LogP contribution in [0.3, 0.4) is 0 Å². The first-order valence-corrected chi connectivity index (χ1v) is 5.49. The maximum absolute atomic E-state index is 5.74. The maximum atomic E-state index is 5.74. The van der Waals surface area contributed by atoms with Crippen LogP contribution in [0.2, 0.25) is 0 Å². The van der Waals surface area contributed by atoms with Crippen LogP contribution in [0.1, 0.15) is 39.5 Å². The smallest absolute Gasteiger partial charge is 0.124 e. The first-order valence-electron chi connectivity index (χ1n) is 5.49. The third kappa shape index (κ3) is 1.62. The van der Waals surface area contributed by atoms with E-state index >= 15 is 0 Å². The van der Waals surface area contributed by atoms with Crippen molar-refractivity contribution < 1.29 is 4.74 Å². The summed E-state index contributed by atoms with van der Waals surface area (Å²) >= 11 is 0. The van der Waals surface area contributed by atoms with Crippen LogP contribution >= 0.6 is 0 Å². The number of nitrogens with one attached hydrogen (secondary N) is 1. The van der Waals surface area contributed by atoms with E-state index < -0.39 is 0 Å². The molecule has 1 rings (SSSR count). The second-order valence-electron chi connectivity index (χ2n) is 4.03. The Morgan fingerprint density at radius 2 is 1.69 bits per heavy atom. The minimum Gasteiger partial charge on any atom is -0.363 e. The highest BCUT2D eigenvalue weighted by Crippen LogP contribution is 2.44. The number of methoxy groups -OCH3 is 1. The second-order valence-corrected chi connectivity index (χ2v) is 4.03. The summed E-state index contributed by atoms with van der Waals surface area (Å²) in [6.45, 7) is 4.52. The Kier molecular flexibility index (Phi) is 3.74. The van der Waals surface area contributed by atoms with Crippen LogP contribution in [0.4, 0.5) is 0 Å². The van der Waals surface area contributed by atoms with Gasteiger partial charge in [0, 0.05) is 18.9 Å². The topological polar surface area (TPSA) is 21.3 Å². The molecule has 13 heavy (non-hydrogen) atoms. The van der Waals surface area contributed by atoms with Gasteiger partial charge in [0.2, 0.25) is 0 Å². The summed E-state index contributed by atoms with van der Waals surface area (Å²) in [5, 5.41) is 3.41. The van der Waals surface area contributed by atoms with Crippen LogP contribution in [0.5, 0.6) is 0 Å². The zero-order valence-electron chi connectivity index (χ0n) is 9.39. The largest absolute Gasteiger partial charge is 0.363 e. The molecule has 2 nitrogen and oxygen atoms in total. The lowest BCUT2D eigenvalue weighted by Gasteiger charge is -2.38. The first kappa shape index (κ1) is 11.0. The summed E-state index contributed by atoms with van der Waals surface area (Å²) in [5.41, 5.74) is -0.0382. The molecule has 78 valence electrons. The number of hydrogen-bond donors (Lipinski definition) is 1. The molecule has 0 aliphatic heterocycles. The highest BCUT2D eigenvalue weighted by Gasteiger charge is 2.47. The van der Waals surface area contributed by atoms with Crippen LogP contribution in [-0.4, -0.2) is 19.9 Å². The quantitative estimate of drug-likeness (QED) is 0.679. The molecule has 0 bridgehead atoms. The van der Waals surface area contributed by atoms with E-state index in [1.807, 2.05) is 14.2 Å². The normalized spacial score (nSPS) is 39.7. The summed E-state index contributed by atoms with van der Waals surface area (Å²) < 4.78 is 5.74. The van der Waals surface area contributed by atoms with E-state index in [9.17, 15) is 0 Å². The molecular weight excluding hydrogens is 162 g/mol. The zero-order valence-corrected chi connectivity index (χ0v) is 9.39. The molecule has 0 radical (unpaired) electrons. The third-order valence-electron chi connectivity index (χ3n) is 3.79. The molecule has 1 saturated carbocycles. The maximum Gasteiger partial charge on any atom is 0.124 e. The van der Waals surface area contributed by atoms with Crippen LogP contribution in [0.15, 0.2) is 0 Å². The van der Waals surface area contributed by atoms with Gasteiger partial charge in [-0.3, -0.25) is 5.32 Å². The van der Waals surface area contributed by atoms with Crippen molar-refractivity contribution in [3.8, 4) is 0 Å². The lowest BCUT2D eigenvalue weighted by atomic mass is 9.89. The average molecular weight is 185 g/mol. The van der Waals surface area contributed by atoms with E-state index in [0.29, 0.717) is 11.8 Å². The fourth-order valence-corrected chi connectivity index (χ4v) is 3.02. The molecule has 0 aromatic rings. The molecule has 2 atom stereocenters. The van der Waals surface area contributed by atoms with Gasteiger partial charge < -0.3 is 4.74 Å². The summed E-state index contributed by atoms with van der Waals surface area (Å²) in [6, 6.07) is 0. The lowest BCUT2D eigenvalue weighted by molar-refractivity contribution is -0.0976. The summed E-state index contributed by atoms with van der Waals surface area (Å²) in [5.74, 6) is 1.37. The first-order chi connectivity index (χ1) is 6.25. The fraction of sp³-hybridized carbons (Fsp3) is 1.00. The van der Waals surface area contributed by atoms with Crippen molar-refractivity contribution in [2.45, 2.75) is 45.3 Å². The standard InChI is InChI=1S/C11H23NO/c1-5-9-7-8-10(6-2)11(9,12-3)13-4/h9-10,12H,5-8H2,1-4H3. The Morgan fingerprint density at radius 3 is 1.92 bits per heavy atom. The van der Waals surface area contributed by atoms with Crippen LogP contribution in [0, 0.1) is 11.8 Å². The summed E-state index contributed by atoms with van der Waals surface area (Å²) in [6.07, 6.45) is 5.05. The molecule has 0 heterocycles. The molecule has 1 fully saturated rings. The molecule has 0 spiro atoms. The van der Waals surface area contributed by atoms with Crippen molar-refractivity contribution in [1.82, 2.24) is 5.32 Å². The van der Waals surface area contributed by atoms with Gasteiger partial charge in [-0.2, -0.15) is 0 Å². The van der Waals surface area contributed by atoms with Crippen molar-refractivity contribution in [3.63, 3.8) is 0 Å². The van der Waals surface area contributed by atoms with Crippen molar-refractivity contribution in [2.24, 2.45) is 11.8 Å². The number of ether oxygens (including phenoxy) is 1. The van der Waals surface area contributed by atoms with E-state index in [2.05, 4.69) is 19.2 Å². The van der Waals surface area contributed by atoms with Crippen molar-refractivity contribution in [3.05, 3.63) is 0 Å². The van der Waals surface area contributed by atoms with Crippen molar-refractivity contribution in [2.75, 3.05) is 14.2 Å². The fourth-order valence-electron chi connectivity index (χ4n) is 3.02. The summed E-state index contributed by atoms with van der Waals surface area (Å²) in [4.78, 5) is 0. The van der Waals surface area contributed by atoms with Gasteiger partial charge in [-0.15, -0.1) is 0 Å². The number of hydrogen-bond acceptors (Lipinski definition) is 2. The minimum absolute atomic E-state index is 0.0382. The van der Waals surface area contributed by atoms with Crippen LogP contribution in [-0.2, 0) is 4.74 Å². The highest BCUT2D eigenvalue weighted by molar-refractivity contribution is 4.96. The van der Waals surface area contributed by atoms with E-state index in [1.54, 1.807) is 0 Å². The average Bonchev–Trinajstić information content (AvgIpc) is 2.55. The van der Waals surface area contributed by atoms with Crippen LogP contribution < -0.4 is 5.32 Å². The molecule has 1 aliphatic rings.